The summed E-state index contributed by atoms with van der Waals surface area (Å²) in [6.45, 7) is 2.48. The molecular formula is C22H26N4O4. The van der Waals surface area contributed by atoms with Gasteiger partial charge < -0.3 is 19.1 Å². The minimum absolute atomic E-state index is 0.0122. The molecular weight excluding hydrogens is 384 g/mol. The molecule has 2 aliphatic heterocycles. The van der Waals surface area contributed by atoms with Crippen LogP contribution in [0.15, 0.2) is 24.4 Å². The van der Waals surface area contributed by atoms with Crippen LogP contribution in [0.25, 0.3) is 10.9 Å². The number of rotatable bonds is 6. The number of carbonyl (C=O) groups is 1. The number of nitrogens with zero attached hydrogens (tertiary/aromatic N) is 4. The molecule has 8 nitrogen and oxygen atoms in total. The Morgan fingerprint density at radius 1 is 1.20 bits per heavy atom. The van der Waals surface area contributed by atoms with E-state index in [-0.39, 0.29) is 18.1 Å². The quantitative estimate of drug-likeness (QED) is 0.721. The summed E-state index contributed by atoms with van der Waals surface area (Å²) in [5.74, 6) is 2.02. The van der Waals surface area contributed by atoms with E-state index in [1.807, 2.05) is 18.2 Å². The van der Waals surface area contributed by atoms with Gasteiger partial charge in [-0.3, -0.25) is 14.7 Å². The van der Waals surface area contributed by atoms with Crippen LogP contribution in [-0.2, 0) is 4.79 Å². The maximum Gasteiger partial charge on any atom is 0.237 e. The second kappa shape index (κ2) is 8.76. The Kier molecular flexibility index (Phi) is 5.91. The molecule has 0 spiro atoms. The third kappa shape index (κ3) is 3.98. The maximum atomic E-state index is 12.6. The predicted octanol–water partition coefficient (Wildman–Crippen LogP) is 2.22. The molecule has 0 saturated carbocycles. The van der Waals surface area contributed by atoms with Gasteiger partial charge in [-0.15, -0.1) is 0 Å². The van der Waals surface area contributed by atoms with Crippen molar-refractivity contribution in [2.75, 3.05) is 40.4 Å². The van der Waals surface area contributed by atoms with E-state index in [1.54, 1.807) is 25.3 Å². The summed E-state index contributed by atoms with van der Waals surface area (Å²) < 4.78 is 17.1. The van der Waals surface area contributed by atoms with Gasteiger partial charge in [-0.05, 0) is 31.4 Å². The van der Waals surface area contributed by atoms with E-state index in [1.165, 1.54) is 0 Å². The highest BCUT2D eigenvalue weighted by atomic mass is 16.5. The Balaban J connectivity index is 1.43. The fourth-order valence-corrected chi connectivity index (χ4v) is 4.25. The molecule has 4 rings (SSSR count). The van der Waals surface area contributed by atoms with Crippen molar-refractivity contribution in [2.45, 2.75) is 31.4 Å². The SMILES string of the molecule is COc1cc2nccc(O[C@H]3CCN(CC(=O)N4CCC[C@H]4C#N)C3)c2cc1OC. The van der Waals surface area contributed by atoms with Crippen LogP contribution < -0.4 is 14.2 Å². The molecule has 3 heterocycles. The van der Waals surface area contributed by atoms with Crippen LogP contribution >= 0.6 is 0 Å². The van der Waals surface area contributed by atoms with E-state index >= 15 is 0 Å². The van der Waals surface area contributed by atoms with Crippen LogP contribution in [0.2, 0.25) is 0 Å². The lowest BCUT2D eigenvalue weighted by Crippen LogP contribution is -2.42. The van der Waals surface area contributed by atoms with Gasteiger partial charge in [-0.2, -0.15) is 5.26 Å². The van der Waals surface area contributed by atoms with Crippen molar-refractivity contribution >= 4 is 16.8 Å². The van der Waals surface area contributed by atoms with Crippen molar-refractivity contribution < 1.29 is 19.0 Å². The van der Waals surface area contributed by atoms with E-state index in [2.05, 4.69) is 16.0 Å². The fraction of sp³-hybridized carbons (Fsp3) is 0.500. The highest BCUT2D eigenvalue weighted by Gasteiger charge is 2.32. The number of likely N-dealkylation sites (tertiary alicyclic amines) is 2. The molecule has 2 aromatic rings. The molecule has 158 valence electrons. The van der Waals surface area contributed by atoms with E-state index in [9.17, 15) is 10.1 Å². The van der Waals surface area contributed by atoms with Crippen LogP contribution in [-0.4, -0.2) is 73.2 Å². The highest BCUT2D eigenvalue weighted by molar-refractivity contribution is 5.88. The van der Waals surface area contributed by atoms with Gasteiger partial charge in [0.1, 0.15) is 17.9 Å². The lowest BCUT2D eigenvalue weighted by Gasteiger charge is -2.23. The first-order valence-electron chi connectivity index (χ1n) is 10.2. The van der Waals surface area contributed by atoms with Crippen LogP contribution in [0.4, 0.5) is 0 Å². The number of aromatic nitrogens is 1. The fourth-order valence-electron chi connectivity index (χ4n) is 4.25. The number of benzene rings is 1. The Morgan fingerprint density at radius 2 is 2.00 bits per heavy atom. The largest absolute Gasteiger partial charge is 0.493 e. The van der Waals surface area contributed by atoms with E-state index < -0.39 is 0 Å². The zero-order chi connectivity index (χ0) is 21.1. The van der Waals surface area contributed by atoms with Crippen LogP contribution in [0, 0.1) is 11.3 Å². The number of amides is 1. The second-order valence-electron chi connectivity index (χ2n) is 7.67. The molecule has 2 fully saturated rings. The molecule has 0 radical (unpaired) electrons. The minimum Gasteiger partial charge on any atom is -0.493 e. The second-order valence-corrected chi connectivity index (χ2v) is 7.67. The number of methoxy groups -OCH3 is 2. The van der Waals surface area contributed by atoms with Gasteiger partial charge in [0.25, 0.3) is 0 Å². The van der Waals surface area contributed by atoms with Crippen molar-refractivity contribution in [2.24, 2.45) is 0 Å². The number of hydrogen-bond acceptors (Lipinski definition) is 7. The van der Waals surface area contributed by atoms with Crippen molar-refractivity contribution in [3.05, 3.63) is 24.4 Å². The van der Waals surface area contributed by atoms with Crippen molar-refractivity contribution in [3.8, 4) is 23.3 Å². The van der Waals surface area contributed by atoms with Gasteiger partial charge >= 0.3 is 0 Å². The van der Waals surface area contributed by atoms with Gasteiger partial charge in [0, 0.05) is 37.3 Å². The van der Waals surface area contributed by atoms with Gasteiger partial charge in [-0.25, -0.2) is 0 Å². The molecule has 0 aliphatic carbocycles. The average molecular weight is 410 g/mol. The first-order valence-corrected chi connectivity index (χ1v) is 10.2. The monoisotopic (exact) mass is 410 g/mol. The van der Waals surface area contributed by atoms with Crippen LogP contribution in [0.1, 0.15) is 19.3 Å². The minimum atomic E-state index is -0.276. The molecule has 8 heteroatoms. The average Bonchev–Trinajstić information content (AvgIpc) is 3.42. The third-order valence-electron chi connectivity index (χ3n) is 5.81. The molecule has 1 amide bonds. The summed E-state index contributed by atoms with van der Waals surface area (Å²) in [4.78, 5) is 20.8. The number of carbonyl (C=O) groups excluding carboxylic acids is 1. The van der Waals surface area contributed by atoms with Gasteiger partial charge in [-0.1, -0.05) is 0 Å². The summed E-state index contributed by atoms with van der Waals surface area (Å²) in [5.41, 5.74) is 0.770. The summed E-state index contributed by atoms with van der Waals surface area (Å²) in [7, 11) is 3.20. The van der Waals surface area contributed by atoms with Gasteiger partial charge in [0.2, 0.25) is 5.91 Å². The van der Waals surface area contributed by atoms with Crippen LogP contribution in [0.3, 0.4) is 0 Å². The molecule has 1 aromatic heterocycles. The highest BCUT2D eigenvalue weighted by Crippen LogP contribution is 2.36. The van der Waals surface area contributed by atoms with Crippen molar-refractivity contribution in [3.63, 3.8) is 0 Å². The molecule has 2 aliphatic rings. The Bertz CT molecular complexity index is 973. The van der Waals surface area contributed by atoms with Gasteiger partial charge in [0.05, 0.1) is 32.4 Å². The molecule has 1 aromatic carbocycles. The van der Waals surface area contributed by atoms with Gasteiger partial charge in [0.15, 0.2) is 11.5 Å². The van der Waals surface area contributed by atoms with E-state index in [0.29, 0.717) is 31.1 Å². The first kappa shape index (κ1) is 20.2. The number of hydrogen-bond donors (Lipinski definition) is 0. The molecule has 2 saturated heterocycles. The third-order valence-corrected chi connectivity index (χ3v) is 5.81. The van der Waals surface area contributed by atoms with Crippen molar-refractivity contribution in [1.82, 2.24) is 14.8 Å². The Labute approximate surface area is 175 Å². The lowest BCUT2D eigenvalue weighted by molar-refractivity contribution is -0.132. The molecule has 0 N–H and O–H groups in total. The first-order chi connectivity index (χ1) is 14.6. The summed E-state index contributed by atoms with van der Waals surface area (Å²) in [6.07, 6.45) is 4.22. The number of fused-ring (bicyclic) bond motifs is 1. The zero-order valence-corrected chi connectivity index (χ0v) is 17.3. The molecule has 30 heavy (non-hydrogen) atoms. The van der Waals surface area contributed by atoms with E-state index in [4.69, 9.17) is 14.2 Å². The predicted molar refractivity (Wildman–Crippen MR) is 111 cm³/mol. The Morgan fingerprint density at radius 3 is 2.77 bits per heavy atom. The number of nitriles is 1. The molecule has 0 bridgehead atoms. The summed E-state index contributed by atoms with van der Waals surface area (Å²) in [5, 5.41) is 10.1. The van der Waals surface area contributed by atoms with E-state index in [0.717, 1.165) is 42.5 Å². The number of pyridine rings is 1. The van der Waals surface area contributed by atoms with Crippen LogP contribution in [0.5, 0.6) is 17.2 Å². The topological polar surface area (TPSA) is 87.9 Å². The van der Waals surface area contributed by atoms with Crippen molar-refractivity contribution in [1.29, 1.82) is 5.26 Å². The maximum absolute atomic E-state index is 12.6. The molecule has 2 atom stereocenters. The zero-order valence-electron chi connectivity index (χ0n) is 17.3. The summed E-state index contributed by atoms with van der Waals surface area (Å²) >= 11 is 0. The summed E-state index contributed by atoms with van der Waals surface area (Å²) in [6, 6.07) is 7.52. The normalized spacial score (nSPS) is 21.6. The molecule has 0 unspecified atom stereocenters. The lowest BCUT2D eigenvalue weighted by atomic mass is 10.1. The Hall–Kier alpha value is -3.05. The standard InChI is InChI=1S/C22H26N4O4/c1-28-20-10-17-18(11-21(20)29-2)24-7-5-19(17)30-16-6-9-25(13-16)14-22(27)26-8-3-4-15(26)12-23/h5,7,10-11,15-16H,3-4,6,8-9,13-14H2,1-2H3/t15-,16-/m0/s1. The number of ether oxygens (including phenoxy) is 3. The smallest absolute Gasteiger partial charge is 0.237 e.